The fourth-order valence-corrected chi connectivity index (χ4v) is 2.59. The third-order valence-electron chi connectivity index (χ3n) is 3.70. The summed E-state index contributed by atoms with van der Waals surface area (Å²) < 4.78 is 14.7. The van der Waals surface area contributed by atoms with Crippen molar-refractivity contribution in [2.75, 3.05) is 14.2 Å². The molecule has 0 radical (unpaired) electrons. The van der Waals surface area contributed by atoms with Gasteiger partial charge in [-0.3, -0.25) is 0 Å². The molecule has 2 heterocycles. The second-order valence-electron chi connectivity index (χ2n) is 5.36. The summed E-state index contributed by atoms with van der Waals surface area (Å²) in [5, 5.41) is 9.13. The third kappa shape index (κ3) is 2.92. The highest BCUT2D eigenvalue weighted by Crippen LogP contribution is 2.32. The number of aryl methyl sites for hydroxylation is 2. The summed E-state index contributed by atoms with van der Waals surface area (Å²) >= 11 is 0. The Bertz CT molecular complexity index is 766. The van der Waals surface area contributed by atoms with E-state index in [1.165, 1.54) is 0 Å². The molecule has 120 valence electrons. The molecule has 6 nitrogen and oxygen atoms in total. The molecule has 3 rings (SSSR count). The molecular formula is C17H20N4O2. The van der Waals surface area contributed by atoms with Crippen LogP contribution in [0.15, 0.2) is 42.7 Å². The molecule has 0 saturated carbocycles. The first-order chi connectivity index (χ1) is 11.1. The Labute approximate surface area is 135 Å². The zero-order valence-electron chi connectivity index (χ0n) is 13.7. The Balaban J connectivity index is 2.19. The lowest BCUT2D eigenvalue weighted by Gasteiger charge is -2.21. The highest BCUT2D eigenvalue weighted by Gasteiger charge is 2.22. The number of aromatic nitrogens is 4. The number of hydrogen-bond donors (Lipinski definition) is 0. The predicted molar refractivity (Wildman–Crippen MR) is 87.0 cm³/mol. The third-order valence-corrected chi connectivity index (χ3v) is 3.70. The topological polar surface area (TPSA) is 54.1 Å². The number of ether oxygens (including phenoxy) is 2. The monoisotopic (exact) mass is 312 g/mol. The Kier molecular flexibility index (Phi) is 4.06. The van der Waals surface area contributed by atoms with Gasteiger partial charge in [0.1, 0.15) is 11.5 Å². The average Bonchev–Trinajstić information content (AvgIpc) is 3.16. The summed E-state index contributed by atoms with van der Waals surface area (Å²) in [5.74, 6) is 1.52. The van der Waals surface area contributed by atoms with Crippen molar-refractivity contribution in [3.05, 3.63) is 59.7 Å². The van der Waals surface area contributed by atoms with Gasteiger partial charge >= 0.3 is 0 Å². The lowest BCUT2D eigenvalue weighted by molar-refractivity contribution is 0.365. The molecule has 0 spiro atoms. The molecule has 0 atom stereocenters. The normalized spacial score (nSPS) is 11.0. The SMILES string of the molecule is COc1ccc(OC)c(C(n2ccc(C)n2)n2ccc(C)n2)c1. The molecule has 0 aliphatic rings. The maximum absolute atomic E-state index is 5.54. The van der Waals surface area contributed by atoms with Crippen LogP contribution in [0.1, 0.15) is 23.1 Å². The molecule has 6 heteroatoms. The standard InChI is InChI=1S/C17H20N4O2/c1-12-7-9-20(18-12)17(21-10-8-13(2)19-21)15-11-14(22-3)5-6-16(15)23-4/h5-11,17H,1-4H3. The summed E-state index contributed by atoms with van der Waals surface area (Å²) in [4.78, 5) is 0. The van der Waals surface area contributed by atoms with Crippen molar-refractivity contribution in [2.45, 2.75) is 20.0 Å². The van der Waals surface area contributed by atoms with E-state index in [0.717, 1.165) is 28.5 Å². The van der Waals surface area contributed by atoms with E-state index in [1.54, 1.807) is 14.2 Å². The summed E-state index contributed by atoms with van der Waals surface area (Å²) in [6, 6.07) is 9.67. The van der Waals surface area contributed by atoms with Gasteiger partial charge in [0.2, 0.25) is 0 Å². The highest BCUT2D eigenvalue weighted by atomic mass is 16.5. The van der Waals surface area contributed by atoms with Crippen molar-refractivity contribution >= 4 is 0 Å². The van der Waals surface area contributed by atoms with Crippen LogP contribution in [0.5, 0.6) is 11.5 Å². The molecule has 23 heavy (non-hydrogen) atoms. The van der Waals surface area contributed by atoms with Crippen molar-refractivity contribution in [2.24, 2.45) is 0 Å². The van der Waals surface area contributed by atoms with Gasteiger partial charge in [-0.2, -0.15) is 10.2 Å². The molecule has 0 fully saturated rings. The lowest BCUT2D eigenvalue weighted by Crippen LogP contribution is -2.21. The van der Waals surface area contributed by atoms with E-state index in [9.17, 15) is 0 Å². The number of benzene rings is 1. The number of rotatable bonds is 5. The van der Waals surface area contributed by atoms with Crippen molar-refractivity contribution in [3.63, 3.8) is 0 Å². The summed E-state index contributed by atoms with van der Waals surface area (Å²) in [7, 11) is 3.31. The molecule has 3 aromatic rings. The van der Waals surface area contributed by atoms with E-state index < -0.39 is 0 Å². The van der Waals surface area contributed by atoms with Crippen LogP contribution in [0.25, 0.3) is 0 Å². The van der Waals surface area contributed by atoms with Crippen molar-refractivity contribution in [1.82, 2.24) is 19.6 Å². The zero-order chi connectivity index (χ0) is 16.4. The predicted octanol–water partition coefficient (Wildman–Crippen LogP) is 2.81. The molecule has 0 aliphatic carbocycles. The number of methoxy groups -OCH3 is 2. The van der Waals surface area contributed by atoms with E-state index in [0.29, 0.717) is 0 Å². The van der Waals surface area contributed by atoms with Crippen LogP contribution in [0.4, 0.5) is 0 Å². The Morgan fingerprint density at radius 1 is 0.870 bits per heavy atom. The van der Waals surface area contributed by atoms with Gasteiger partial charge in [0, 0.05) is 18.0 Å². The van der Waals surface area contributed by atoms with Crippen LogP contribution in [-0.2, 0) is 0 Å². The quantitative estimate of drug-likeness (QED) is 0.727. The molecule has 0 aliphatic heterocycles. The first-order valence-electron chi connectivity index (χ1n) is 7.38. The highest BCUT2D eigenvalue weighted by molar-refractivity contribution is 5.42. The van der Waals surface area contributed by atoms with Gasteiger partial charge in [0.05, 0.1) is 25.6 Å². The minimum absolute atomic E-state index is 0.248. The van der Waals surface area contributed by atoms with Gasteiger partial charge in [-0.1, -0.05) is 0 Å². The molecule has 0 saturated heterocycles. The first kappa shape index (κ1) is 15.1. The van der Waals surface area contributed by atoms with Crippen LogP contribution < -0.4 is 9.47 Å². The van der Waals surface area contributed by atoms with Gasteiger partial charge in [-0.05, 0) is 44.2 Å². The number of hydrogen-bond acceptors (Lipinski definition) is 4. The van der Waals surface area contributed by atoms with Gasteiger partial charge in [0.15, 0.2) is 6.17 Å². The van der Waals surface area contributed by atoms with Crippen LogP contribution >= 0.6 is 0 Å². The smallest absolute Gasteiger partial charge is 0.172 e. The zero-order valence-corrected chi connectivity index (χ0v) is 13.7. The van der Waals surface area contributed by atoms with E-state index in [2.05, 4.69) is 10.2 Å². The maximum atomic E-state index is 5.54. The van der Waals surface area contributed by atoms with Gasteiger partial charge in [0.25, 0.3) is 0 Å². The molecule has 0 unspecified atom stereocenters. The van der Waals surface area contributed by atoms with Gasteiger partial charge in [-0.25, -0.2) is 9.36 Å². The maximum Gasteiger partial charge on any atom is 0.172 e. The Hall–Kier alpha value is -2.76. The van der Waals surface area contributed by atoms with E-state index in [-0.39, 0.29) is 6.17 Å². The minimum atomic E-state index is -0.248. The van der Waals surface area contributed by atoms with Crippen LogP contribution in [0.3, 0.4) is 0 Å². The molecule has 2 aromatic heterocycles. The fourth-order valence-electron chi connectivity index (χ4n) is 2.59. The van der Waals surface area contributed by atoms with Crippen molar-refractivity contribution < 1.29 is 9.47 Å². The largest absolute Gasteiger partial charge is 0.497 e. The van der Waals surface area contributed by atoms with Gasteiger partial charge < -0.3 is 9.47 Å². The molecule has 0 N–H and O–H groups in total. The summed E-state index contributed by atoms with van der Waals surface area (Å²) in [6.07, 6.45) is 3.63. The average molecular weight is 312 g/mol. The Morgan fingerprint density at radius 3 is 1.91 bits per heavy atom. The first-order valence-corrected chi connectivity index (χ1v) is 7.38. The van der Waals surface area contributed by atoms with Crippen LogP contribution in [0, 0.1) is 13.8 Å². The Morgan fingerprint density at radius 2 is 1.48 bits per heavy atom. The fraction of sp³-hybridized carbons (Fsp3) is 0.294. The lowest BCUT2D eigenvalue weighted by atomic mass is 10.1. The second-order valence-corrected chi connectivity index (χ2v) is 5.36. The van der Waals surface area contributed by atoms with E-state index >= 15 is 0 Å². The van der Waals surface area contributed by atoms with Crippen LogP contribution in [-0.4, -0.2) is 33.8 Å². The molecule has 0 bridgehead atoms. The van der Waals surface area contributed by atoms with E-state index in [4.69, 9.17) is 9.47 Å². The summed E-state index contributed by atoms with van der Waals surface area (Å²) in [6.45, 7) is 3.93. The minimum Gasteiger partial charge on any atom is -0.497 e. The van der Waals surface area contributed by atoms with Crippen molar-refractivity contribution in [3.8, 4) is 11.5 Å². The number of nitrogens with zero attached hydrogens (tertiary/aromatic N) is 4. The second kappa shape index (κ2) is 6.16. The summed E-state index contributed by atoms with van der Waals surface area (Å²) in [5.41, 5.74) is 2.82. The van der Waals surface area contributed by atoms with Gasteiger partial charge in [-0.15, -0.1) is 0 Å². The van der Waals surface area contributed by atoms with Crippen molar-refractivity contribution in [1.29, 1.82) is 0 Å². The molecular weight excluding hydrogens is 292 g/mol. The van der Waals surface area contributed by atoms with Crippen LogP contribution in [0.2, 0.25) is 0 Å². The van der Waals surface area contributed by atoms with E-state index in [1.807, 2.05) is 65.9 Å². The molecule has 0 amide bonds. The molecule has 1 aromatic carbocycles.